The maximum Gasteiger partial charge on any atom is 0.119 e. The van der Waals surface area contributed by atoms with Gasteiger partial charge >= 0.3 is 0 Å². The predicted octanol–water partition coefficient (Wildman–Crippen LogP) is 4.20. The smallest absolute Gasteiger partial charge is 0.119 e. The Morgan fingerprint density at radius 1 is 1.31 bits per heavy atom. The van der Waals surface area contributed by atoms with E-state index >= 15 is 0 Å². The lowest BCUT2D eigenvalue weighted by Crippen LogP contribution is -2.09. The van der Waals surface area contributed by atoms with Crippen LogP contribution in [0.15, 0.2) is 18.2 Å². The van der Waals surface area contributed by atoms with Crippen LogP contribution < -0.4 is 4.74 Å². The van der Waals surface area contributed by atoms with Crippen molar-refractivity contribution >= 4 is 11.6 Å². The summed E-state index contributed by atoms with van der Waals surface area (Å²) in [6.07, 6.45) is 2.08. The van der Waals surface area contributed by atoms with Crippen LogP contribution >= 0.6 is 11.6 Å². The zero-order valence-corrected chi connectivity index (χ0v) is 11.3. The predicted molar refractivity (Wildman–Crippen MR) is 70.5 cm³/mol. The second-order valence-electron chi connectivity index (χ2n) is 4.59. The van der Waals surface area contributed by atoms with E-state index in [0.29, 0.717) is 5.92 Å². The van der Waals surface area contributed by atoms with E-state index in [2.05, 4.69) is 32.9 Å². The zero-order valence-electron chi connectivity index (χ0n) is 10.6. The van der Waals surface area contributed by atoms with Crippen molar-refractivity contribution in [3.8, 4) is 5.75 Å². The number of ether oxygens (including phenoxy) is 1. The number of hydrogen-bond donors (Lipinski definition) is 0. The number of halogens is 1. The SMILES string of the molecule is COc1ccc(CCC(Cl)C(C)C)c(C)c1. The largest absolute Gasteiger partial charge is 0.497 e. The van der Waals surface area contributed by atoms with E-state index in [1.54, 1.807) is 7.11 Å². The highest BCUT2D eigenvalue weighted by atomic mass is 35.5. The minimum Gasteiger partial charge on any atom is -0.497 e. The fourth-order valence-corrected chi connectivity index (χ4v) is 1.81. The van der Waals surface area contributed by atoms with Gasteiger partial charge in [-0.15, -0.1) is 11.6 Å². The molecule has 0 aromatic heterocycles. The molecule has 0 saturated carbocycles. The molecule has 0 fully saturated rings. The maximum atomic E-state index is 6.25. The van der Waals surface area contributed by atoms with Crippen LogP contribution in [0.3, 0.4) is 0 Å². The molecule has 1 atom stereocenters. The van der Waals surface area contributed by atoms with E-state index in [0.717, 1.165) is 18.6 Å². The lowest BCUT2D eigenvalue weighted by Gasteiger charge is -2.14. The van der Waals surface area contributed by atoms with Crippen molar-refractivity contribution in [3.05, 3.63) is 29.3 Å². The van der Waals surface area contributed by atoms with E-state index in [4.69, 9.17) is 16.3 Å². The Balaban J connectivity index is 2.61. The summed E-state index contributed by atoms with van der Waals surface area (Å²) in [7, 11) is 1.70. The van der Waals surface area contributed by atoms with Gasteiger partial charge in [-0.25, -0.2) is 0 Å². The molecule has 0 N–H and O–H groups in total. The normalized spacial score (nSPS) is 12.9. The van der Waals surface area contributed by atoms with E-state index in [9.17, 15) is 0 Å². The molecule has 0 amide bonds. The van der Waals surface area contributed by atoms with Crippen LogP contribution in [0.1, 0.15) is 31.4 Å². The molecule has 90 valence electrons. The molecule has 1 nitrogen and oxygen atoms in total. The average molecular weight is 241 g/mol. The molecule has 0 heterocycles. The molecule has 1 unspecified atom stereocenters. The van der Waals surface area contributed by atoms with Crippen LogP contribution in [-0.4, -0.2) is 12.5 Å². The second-order valence-corrected chi connectivity index (χ2v) is 5.15. The first kappa shape index (κ1) is 13.4. The van der Waals surface area contributed by atoms with E-state index in [1.165, 1.54) is 11.1 Å². The van der Waals surface area contributed by atoms with Crippen LogP contribution in [0.5, 0.6) is 5.75 Å². The number of aryl methyl sites for hydroxylation is 2. The van der Waals surface area contributed by atoms with Gasteiger partial charge in [0.1, 0.15) is 5.75 Å². The van der Waals surface area contributed by atoms with Gasteiger partial charge in [0, 0.05) is 5.38 Å². The molecule has 16 heavy (non-hydrogen) atoms. The van der Waals surface area contributed by atoms with Gasteiger partial charge in [-0.3, -0.25) is 0 Å². The minimum atomic E-state index is 0.265. The van der Waals surface area contributed by atoms with Crippen LogP contribution in [0, 0.1) is 12.8 Å². The summed E-state index contributed by atoms with van der Waals surface area (Å²) in [6, 6.07) is 6.23. The average Bonchev–Trinajstić information content (AvgIpc) is 2.26. The first-order valence-electron chi connectivity index (χ1n) is 5.82. The summed E-state index contributed by atoms with van der Waals surface area (Å²) in [6.45, 7) is 6.45. The number of methoxy groups -OCH3 is 1. The Labute approximate surface area is 104 Å². The third kappa shape index (κ3) is 3.71. The molecule has 1 aromatic carbocycles. The number of benzene rings is 1. The zero-order chi connectivity index (χ0) is 12.1. The lowest BCUT2D eigenvalue weighted by molar-refractivity contribution is 0.414. The molecule has 0 spiro atoms. The Morgan fingerprint density at radius 2 is 2.00 bits per heavy atom. The van der Waals surface area contributed by atoms with Gasteiger partial charge in [-0.2, -0.15) is 0 Å². The monoisotopic (exact) mass is 240 g/mol. The molecule has 0 aliphatic rings. The molecule has 1 rings (SSSR count). The van der Waals surface area contributed by atoms with Crippen molar-refractivity contribution in [1.29, 1.82) is 0 Å². The Bertz CT molecular complexity index is 334. The highest BCUT2D eigenvalue weighted by molar-refractivity contribution is 6.20. The lowest BCUT2D eigenvalue weighted by atomic mass is 9.99. The molecule has 2 heteroatoms. The van der Waals surface area contributed by atoms with Gasteiger partial charge in [0.25, 0.3) is 0 Å². The van der Waals surface area contributed by atoms with Crippen molar-refractivity contribution in [2.24, 2.45) is 5.92 Å². The third-order valence-electron chi connectivity index (χ3n) is 2.96. The Hall–Kier alpha value is -0.690. The summed E-state index contributed by atoms with van der Waals surface area (Å²) in [5.41, 5.74) is 2.65. The standard InChI is InChI=1S/C14H21ClO/c1-10(2)14(15)8-6-12-5-7-13(16-4)9-11(12)3/h5,7,9-10,14H,6,8H2,1-4H3. The molecular weight excluding hydrogens is 220 g/mol. The molecule has 0 aliphatic heterocycles. The highest BCUT2D eigenvalue weighted by Gasteiger charge is 2.10. The van der Waals surface area contributed by atoms with Crippen LogP contribution in [-0.2, 0) is 6.42 Å². The summed E-state index contributed by atoms with van der Waals surface area (Å²) >= 11 is 6.25. The number of hydrogen-bond acceptors (Lipinski definition) is 1. The fraction of sp³-hybridized carbons (Fsp3) is 0.571. The quantitative estimate of drug-likeness (QED) is 0.701. The minimum absolute atomic E-state index is 0.265. The van der Waals surface area contributed by atoms with Gasteiger partial charge in [0.2, 0.25) is 0 Å². The summed E-state index contributed by atoms with van der Waals surface area (Å²) < 4.78 is 5.19. The Kier molecular flexibility index (Phi) is 5.14. The molecule has 0 radical (unpaired) electrons. The number of alkyl halides is 1. The van der Waals surface area contributed by atoms with Crippen LogP contribution in [0.2, 0.25) is 0 Å². The molecule has 0 saturated heterocycles. The third-order valence-corrected chi connectivity index (χ3v) is 3.68. The van der Waals surface area contributed by atoms with E-state index in [1.807, 2.05) is 6.07 Å². The second kappa shape index (κ2) is 6.15. The van der Waals surface area contributed by atoms with Crippen molar-refractivity contribution in [3.63, 3.8) is 0 Å². The van der Waals surface area contributed by atoms with E-state index in [-0.39, 0.29) is 5.38 Å². The fourth-order valence-electron chi connectivity index (χ4n) is 1.70. The molecular formula is C14H21ClO. The summed E-state index contributed by atoms with van der Waals surface area (Å²) in [5.74, 6) is 1.47. The maximum absolute atomic E-state index is 6.25. The first-order valence-corrected chi connectivity index (χ1v) is 6.25. The molecule has 0 aliphatic carbocycles. The van der Waals surface area contributed by atoms with Crippen molar-refractivity contribution in [1.82, 2.24) is 0 Å². The molecule has 0 bridgehead atoms. The van der Waals surface area contributed by atoms with Gasteiger partial charge in [0.05, 0.1) is 7.11 Å². The van der Waals surface area contributed by atoms with Gasteiger partial charge in [0.15, 0.2) is 0 Å². The van der Waals surface area contributed by atoms with Gasteiger partial charge < -0.3 is 4.74 Å². The van der Waals surface area contributed by atoms with Crippen molar-refractivity contribution < 1.29 is 4.74 Å². The number of rotatable bonds is 5. The van der Waals surface area contributed by atoms with Gasteiger partial charge in [-0.1, -0.05) is 19.9 Å². The topological polar surface area (TPSA) is 9.23 Å². The van der Waals surface area contributed by atoms with Crippen molar-refractivity contribution in [2.45, 2.75) is 39.0 Å². The van der Waals surface area contributed by atoms with Crippen molar-refractivity contribution in [2.75, 3.05) is 7.11 Å². The van der Waals surface area contributed by atoms with Gasteiger partial charge in [-0.05, 0) is 48.9 Å². The summed E-state index contributed by atoms with van der Waals surface area (Å²) in [5, 5.41) is 0.265. The highest BCUT2D eigenvalue weighted by Crippen LogP contribution is 2.21. The first-order chi connectivity index (χ1) is 7.54. The van der Waals surface area contributed by atoms with E-state index < -0.39 is 0 Å². The summed E-state index contributed by atoms with van der Waals surface area (Å²) in [4.78, 5) is 0. The van der Waals surface area contributed by atoms with Crippen LogP contribution in [0.4, 0.5) is 0 Å². The molecule has 1 aromatic rings. The van der Waals surface area contributed by atoms with Crippen LogP contribution in [0.25, 0.3) is 0 Å². The Morgan fingerprint density at radius 3 is 2.50 bits per heavy atom.